The van der Waals surface area contributed by atoms with Crippen LogP contribution >= 0.6 is 0 Å². The summed E-state index contributed by atoms with van der Waals surface area (Å²) in [4.78, 5) is 26.2. The molecule has 20 heavy (non-hydrogen) atoms. The summed E-state index contributed by atoms with van der Waals surface area (Å²) in [7, 11) is 0. The van der Waals surface area contributed by atoms with E-state index in [-0.39, 0.29) is 18.2 Å². The summed E-state index contributed by atoms with van der Waals surface area (Å²) in [5.41, 5.74) is 2.34. The molecule has 0 aromatic carbocycles. The van der Waals surface area contributed by atoms with Crippen molar-refractivity contribution in [3.63, 3.8) is 0 Å². The van der Waals surface area contributed by atoms with E-state index in [2.05, 4.69) is 10.3 Å². The standard InChI is InChI=1S/C14H22N2O4/c1-5-6-15-11(18)7-20-14(19)13-8(2)12(10(4)17)9(3)16-13/h10,16-17H,5-7H2,1-4H3,(H,15,18)/t10-/m1/s1. The highest BCUT2D eigenvalue weighted by atomic mass is 16.5. The molecule has 0 bridgehead atoms. The van der Waals surface area contributed by atoms with Gasteiger partial charge in [0.25, 0.3) is 5.91 Å². The first kappa shape index (κ1) is 16.2. The van der Waals surface area contributed by atoms with Gasteiger partial charge < -0.3 is 20.1 Å². The van der Waals surface area contributed by atoms with E-state index in [0.29, 0.717) is 17.7 Å². The number of aromatic nitrogens is 1. The molecule has 0 aliphatic rings. The van der Waals surface area contributed by atoms with Crippen molar-refractivity contribution in [1.29, 1.82) is 0 Å². The van der Waals surface area contributed by atoms with Crippen molar-refractivity contribution in [2.24, 2.45) is 0 Å². The molecular formula is C14H22N2O4. The van der Waals surface area contributed by atoms with Gasteiger partial charge in [-0.3, -0.25) is 4.79 Å². The number of rotatable bonds is 6. The van der Waals surface area contributed by atoms with Crippen molar-refractivity contribution in [3.05, 3.63) is 22.5 Å². The van der Waals surface area contributed by atoms with Crippen LogP contribution in [-0.2, 0) is 9.53 Å². The monoisotopic (exact) mass is 282 g/mol. The van der Waals surface area contributed by atoms with Crippen LogP contribution in [0.4, 0.5) is 0 Å². The third-order valence-corrected chi connectivity index (χ3v) is 3.02. The lowest BCUT2D eigenvalue weighted by Gasteiger charge is -2.06. The summed E-state index contributed by atoms with van der Waals surface area (Å²) in [5.74, 6) is -0.916. The fourth-order valence-electron chi connectivity index (χ4n) is 2.11. The summed E-state index contributed by atoms with van der Waals surface area (Å²) >= 11 is 0. The van der Waals surface area contributed by atoms with E-state index in [4.69, 9.17) is 4.74 Å². The molecule has 0 saturated carbocycles. The van der Waals surface area contributed by atoms with Gasteiger partial charge in [-0.05, 0) is 32.8 Å². The Bertz CT molecular complexity index is 492. The molecule has 0 unspecified atom stereocenters. The maximum atomic E-state index is 11.9. The Balaban J connectivity index is 2.69. The van der Waals surface area contributed by atoms with Crippen LogP contribution in [0, 0.1) is 13.8 Å². The van der Waals surface area contributed by atoms with Gasteiger partial charge in [-0.15, -0.1) is 0 Å². The second-order valence-electron chi connectivity index (χ2n) is 4.77. The summed E-state index contributed by atoms with van der Waals surface area (Å²) in [6.07, 6.45) is 0.160. The molecule has 1 atom stereocenters. The lowest BCUT2D eigenvalue weighted by molar-refractivity contribution is -0.124. The average molecular weight is 282 g/mol. The van der Waals surface area contributed by atoms with E-state index in [0.717, 1.165) is 12.1 Å². The zero-order chi connectivity index (χ0) is 15.3. The Hall–Kier alpha value is -1.82. The number of carbonyl (C=O) groups excluding carboxylic acids is 2. The van der Waals surface area contributed by atoms with E-state index in [1.165, 1.54) is 0 Å². The van der Waals surface area contributed by atoms with Gasteiger partial charge in [0.15, 0.2) is 6.61 Å². The third-order valence-electron chi connectivity index (χ3n) is 3.02. The van der Waals surface area contributed by atoms with Gasteiger partial charge >= 0.3 is 5.97 Å². The Morgan fingerprint density at radius 2 is 2.05 bits per heavy atom. The van der Waals surface area contributed by atoms with Crippen LogP contribution in [0.5, 0.6) is 0 Å². The minimum Gasteiger partial charge on any atom is -0.451 e. The molecule has 0 fully saturated rings. The van der Waals surface area contributed by atoms with Crippen LogP contribution in [0.2, 0.25) is 0 Å². The van der Waals surface area contributed by atoms with Crippen LogP contribution in [0.25, 0.3) is 0 Å². The normalized spacial score (nSPS) is 12.1. The first-order chi connectivity index (χ1) is 9.38. The van der Waals surface area contributed by atoms with E-state index >= 15 is 0 Å². The molecule has 112 valence electrons. The number of carbonyl (C=O) groups is 2. The molecule has 1 aromatic heterocycles. The van der Waals surface area contributed by atoms with Gasteiger partial charge in [-0.25, -0.2) is 4.79 Å². The van der Waals surface area contributed by atoms with Crippen molar-refractivity contribution >= 4 is 11.9 Å². The third kappa shape index (κ3) is 3.84. The first-order valence-electron chi connectivity index (χ1n) is 6.69. The minimum absolute atomic E-state index is 0.279. The molecule has 0 aliphatic heterocycles. The predicted molar refractivity (Wildman–Crippen MR) is 74.5 cm³/mol. The lowest BCUT2D eigenvalue weighted by Crippen LogP contribution is -2.29. The fraction of sp³-hybridized carbons (Fsp3) is 0.571. The molecular weight excluding hydrogens is 260 g/mol. The van der Waals surface area contributed by atoms with Gasteiger partial charge in [0.2, 0.25) is 0 Å². The number of aromatic amines is 1. The zero-order valence-electron chi connectivity index (χ0n) is 12.4. The molecule has 1 aromatic rings. The molecule has 0 radical (unpaired) electrons. The van der Waals surface area contributed by atoms with Crippen LogP contribution < -0.4 is 5.32 Å². The molecule has 6 heteroatoms. The van der Waals surface area contributed by atoms with Gasteiger partial charge in [0.05, 0.1) is 6.10 Å². The Labute approximate surface area is 118 Å². The number of hydrogen-bond acceptors (Lipinski definition) is 4. The second kappa shape index (κ2) is 7.09. The highest BCUT2D eigenvalue weighted by Gasteiger charge is 2.21. The SMILES string of the molecule is CCCNC(=O)COC(=O)c1[nH]c(C)c([C@@H](C)O)c1C. The van der Waals surface area contributed by atoms with E-state index in [9.17, 15) is 14.7 Å². The minimum atomic E-state index is -0.666. The Morgan fingerprint density at radius 3 is 2.55 bits per heavy atom. The summed E-state index contributed by atoms with van der Waals surface area (Å²) in [6.45, 7) is 7.34. The number of amides is 1. The van der Waals surface area contributed by atoms with Crippen molar-refractivity contribution in [2.75, 3.05) is 13.2 Å². The van der Waals surface area contributed by atoms with Crippen LogP contribution in [-0.4, -0.2) is 35.1 Å². The van der Waals surface area contributed by atoms with Crippen molar-refractivity contribution in [3.8, 4) is 0 Å². The van der Waals surface area contributed by atoms with Crippen LogP contribution in [0.15, 0.2) is 0 Å². The largest absolute Gasteiger partial charge is 0.451 e. The number of aryl methyl sites for hydroxylation is 1. The quantitative estimate of drug-likeness (QED) is 0.687. The molecule has 0 saturated heterocycles. The zero-order valence-corrected chi connectivity index (χ0v) is 12.4. The highest BCUT2D eigenvalue weighted by Crippen LogP contribution is 2.24. The van der Waals surface area contributed by atoms with Gasteiger partial charge in [-0.2, -0.15) is 0 Å². The smallest absolute Gasteiger partial charge is 0.355 e. The second-order valence-corrected chi connectivity index (χ2v) is 4.77. The van der Waals surface area contributed by atoms with Crippen molar-refractivity contribution < 1.29 is 19.4 Å². The molecule has 1 rings (SSSR count). The summed E-state index contributed by atoms with van der Waals surface area (Å²) < 4.78 is 4.95. The Kier molecular flexibility index (Phi) is 5.76. The van der Waals surface area contributed by atoms with Crippen molar-refractivity contribution in [1.82, 2.24) is 10.3 Å². The number of aliphatic hydroxyl groups is 1. The molecule has 0 spiro atoms. The van der Waals surface area contributed by atoms with Gasteiger partial charge in [0.1, 0.15) is 5.69 Å². The number of nitrogens with one attached hydrogen (secondary N) is 2. The first-order valence-corrected chi connectivity index (χ1v) is 6.69. The predicted octanol–water partition coefficient (Wildman–Crippen LogP) is 1.37. The van der Waals surface area contributed by atoms with Gasteiger partial charge in [0, 0.05) is 17.8 Å². The topological polar surface area (TPSA) is 91.4 Å². The number of esters is 1. The number of H-pyrrole nitrogens is 1. The summed E-state index contributed by atoms with van der Waals surface area (Å²) in [5, 5.41) is 12.3. The molecule has 3 N–H and O–H groups in total. The van der Waals surface area contributed by atoms with E-state index in [1.54, 1.807) is 20.8 Å². The number of ether oxygens (including phenoxy) is 1. The molecule has 1 heterocycles. The molecule has 0 aliphatic carbocycles. The van der Waals surface area contributed by atoms with Crippen LogP contribution in [0.1, 0.15) is 53.7 Å². The molecule has 6 nitrogen and oxygen atoms in total. The maximum absolute atomic E-state index is 11.9. The Morgan fingerprint density at radius 1 is 1.40 bits per heavy atom. The highest BCUT2D eigenvalue weighted by molar-refractivity contribution is 5.91. The fourth-order valence-corrected chi connectivity index (χ4v) is 2.11. The maximum Gasteiger partial charge on any atom is 0.355 e. The van der Waals surface area contributed by atoms with E-state index in [1.807, 2.05) is 6.92 Å². The summed E-state index contributed by atoms with van der Waals surface area (Å²) in [6, 6.07) is 0. The number of aliphatic hydroxyl groups excluding tert-OH is 1. The average Bonchev–Trinajstić information content (AvgIpc) is 2.68. The van der Waals surface area contributed by atoms with Crippen LogP contribution in [0.3, 0.4) is 0 Å². The van der Waals surface area contributed by atoms with Gasteiger partial charge in [-0.1, -0.05) is 6.92 Å². The van der Waals surface area contributed by atoms with Crippen molar-refractivity contribution in [2.45, 2.75) is 40.2 Å². The van der Waals surface area contributed by atoms with E-state index < -0.39 is 12.1 Å². The lowest BCUT2D eigenvalue weighted by atomic mass is 10.1. The molecule has 1 amide bonds. The number of hydrogen-bond donors (Lipinski definition) is 3.